The normalized spacial score (nSPS) is 22.4. The highest BCUT2D eigenvalue weighted by Crippen LogP contribution is 2.35. The third-order valence-corrected chi connectivity index (χ3v) is 3.75. The van der Waals surface area contributed by atoms with Crippen LogP contribution in [0.25, 0.3) is 0 Å². The van der Waals surface area contributed by atoms with Crippen LogP contribution in [0.3, 0.4) is 0 Å². The van der Waals surface area contributed by atoms with Gasteiger partial charge in [-0.2, -0.15) is 0 Å². The molecule has 1 atom stereocenters. The van der Waals surface area contributed by atoms with Crippen molar-refractivity contribution in [2.45, 2.75) is 38.2 Å². The maximum atomic E-state index is 13.4. The lowest BCUT2D eigenvalue weighted by molar-refractivity contribution is 0.0277. The summed E-state index contributed by atoms with van der Waals surface area (Å²) >= 11 is 0. The zero-order valence-electron chi connectivity index (χ0n) is 12.7. The molecular formula is C16H22FNO3. The van der Waals surface area contributed by atoms with Crippen molar-refractivity contribution in [3.63, 3.8) is 0 Å². The molecule has 0 radical (unpaired) electrons. The number of nitrogens with zero attached hydrogens (tertiary/aromatic N) is 1. The van der Waals surface area contributed by atoms with Crippen molar-refractivity contribution in [1.82, 2.24) is 4.90 Å². The molecule has 0 aromatic heterocycles. The number of likely N-dealkylation sites (tertiary alicyclic amines) is 1. The SMILES string of the molecule is CC(C)(C)OC(=O)N1CCC(CO)(c2cccc(F)c2)C1. The maximum Gasteiger partial charge on any atom is 0.410 e. The van der Waals surface area contributed by atoms with Crippen LogP contribution in [-0.4, -0.2) is 41.4 Å². The van der Waals surface area contributed by atoms with E-state index >= 15 is 0 Å². The Labute approximate surface area is 124 Å². The van der Waals surface area contributed by atoms with Crippen molar-refractivity contribution in [1.29, 1.82) is 0 Å². The first-order valence-electron chi connectivity index (χ1n) is 7.11. The number of benzene rings is 1. The minimum atomic E-state index is -0.612. The van der Waals surface area contributed by atoms with E-state index < -0.39 is 17.1 Å². The third-order valence-electron chi connectivity index (χ3n) is 3.75. The molecule has 1 N–H and O–H groups in total. The molecule has 0 spiro atoms. The van der Waals surface area contributed by atoms with Crippen molar-refractivity contribution in [3.05, 3.63) is 35.6 Å². The summed E-state index contributed by atoms with van der Waals surface area (Å²) in [5.74, 6) is -0.337. The van der Waals surface area contributed by atoms with Gasteiger partial charge in [0.25, 0.3) is 0 Å². The fourth-order valence-corrected chi connectivity index (χ4v) is 2.63. The van der Waals surface area contributed by atoms with Gasteiger partial charge in [-0.05, 0) is 44.9 Å². The van der Waals surface area contributed by atoms with Gasteiger partial charge in [-0.25, -0.2) is 9.18 Å². The van der Waals surface area contributed by atoms with Gasteiger partial charge in [0.05, 0.1) is 6.61 Å². The Kier molecular flexibility index (Phi) is 4.23. The molecule has 0 saturated carbocycles. The highest BCUT2D eigenvalue weighted by Gasteiger charge is 2.42. The number of halogens is 1. The van der Waals surface area contributed by atoms with E-state index in [1.54, 1.807) is 17.0 Å². The van der Waals surface area contributed by atoms with Crippen molar-refractivity contribution >= 4 is 6.09 Å². The van der Waals surface area contributed by atoms with Crippen LogP contribution in [-0.2, 0) is 10.2 Å². The Hall–Kier alpha value is -1.62. The molecule has 2 rings (SSSR count). The van der Waals surface area contributed by atoms with Crippen LogP contribution in [0.15, 0.2) is 24.3 Å². The predicted octanol–water partition coefficient (Wildman–Crippen LogP) is 2.70. The molecule has 1 aliphatic rings. The summed E-state index contributed by atoms with van der Waals surface area (Å²) in [7, 11) is 0. The monoisotopic (exact) mass is 295 g/mol. The van der Waals surface area contributed by atoms with Gasteiger partial charge in [0.2, 0.25) is 0 Å². The molecule has 1 aliphatic heterocycles. The second-order valence-electron chi connectivity index (χ2n) is 6.60. The molecule has 1 unspecified atom stereocenters. The molecule has 1 fully saturated rings. The first-order chi connectivity index (χ1) is 9.76. The number of aliphatic hydroxyl groups excluding tert-OH is 1. The number of aliphatic hydroxyl groups is 1. The van der Waals surface area contributed by atoms with Crippen molar-refractivity contribution in [2.24, 2.45) is 0 Å². The van der Waals surface area contributed by atoms with Gasteiger partial charge < -0.3 is 14.7 Å². The maximum absolute atomic E-state index is 13.4. The van der Waals surface area contributed by atoms with E-state index in [-0.39, 0.29) is 12.4 Å². The molecular weight excluding hydrogens is 273 g/mol. The Morgan fingerprint density at radius 3 is 2.76 bits per heavy atom. The third kappa shape index (κ3) is 3.53. The molecule has 5 heteroatoms. The summed E-state index contributed by atoms with van der Waals surface area (Å²) in [6, 6.07) is 6.21. The number of amides is 1. The van der Waals surface area contributed by atoms with E-state index in [1.165, 1.54) is 12.1 Å². The summed E-state index contributed by atoms with van der Waals surface area (Å²) in [4.78, 5) is 13.7. The number of carbonyl (C=O) groups is 1. The first-order valence-corrected chi connectivity index (χ1v) is 7.11. The van der Waals surface area contributed by atoms with Crippen LogP contribution < -0.4 is 0 Å². The van der Waals surface area contributed by atoms with Crippen LogP contribution in [0.5, 0.6) is 0 Å². The Morgan fingerprint density at radius 2 is 2.19 bits per heavy atom. The second-order valence-corrected chi connectivity index (χ2v) is 6.60. The van der Waals surface area contributed by atoms with E-state index in [9.17, 15) is 14.3 Å². The number of carbonyl (C=O) groups excluding carboxylic acids is 1. The molecule has 1 saturated heterocycles. The summed E-state index contributed by atoms with van der Waals surface area (Å²) < 4.78 is 18.8. The lowest BCUT2D eigenvalue weighted by Gasteiger charge is -2.29. The van der Waals surface area contributed by atoms with E-state index in [1.807, 2.05) is 20.8 Å². The van der Waals surface area contributed by atoms with E-state index in [0.717, 1.165) is 5.56 Å². The number of hydrogen-bond donors (Lipinski definition) is 1. The van der Waals surface area contributed by atoms with Crippen molar-refractivity contribution < 1.29 is 19.0 Å². The summed E-state index contributed by atoms with van der Waals surface area (Å²) in [6.07, 6.45) is 0.195. The van der Waals surface area contributed by atoms with Crippen molar-refractivity contribution in [2.75, 3.05) is 19.7 Å². The van der Waals surface area contributed by atoms with Gasteiger partial charge in [0.1, 0.15) is 11.4 Å². The molecule has 21 heavy (non-hydrogen) atoms. The van der Waals surface area contributed by atoms with Gasteiger partial charge in [-0.15, -0.1) is 0 Å². The summed E-state index contributed by atoms with van der Waals surface area (Å²) in [6.45, 7) is 6.14. The fraction of sp³-hybridized carbons (Fsp3) is 0.562. The smallest absolute Gasteiger partial charge is 0.410 e. The summed E-state index contributed by atoms with van der Waals surface area (Å²) in [5.41, 5.74) is -0.449. The predicted molar refractivity (Wildman–Crippen MR) is 77.6 cm³/mol. The number of ether oxygens (including phenoxy) is 1. The molecule has 1 aromatic carbocycles. The molecule has 1 heterocycles. The van der Waals surface area contributed by atoms with Crippen LogP contribution in [0.1, 0.15) is 32.8 Å². The van der Waals surface area contributed by atoms with E-state index in [4.69, 9.17) is 4.74 Å². The highest BCUT2D eigenvalue weighted by atomic mass is 19.1. The second kappa shape index (κ2) is 5.64. The average molecular weight is 295 g/mol. The quantitative estimate of drug-likeness (QED) is 0.912. The van der Waals surface area contributed by atoms with Crippen LogP contribution in [0.2, 0.25) is 0 Å². The Bertz CT molecular complexity index is 526. The van der Waals surface area contributed by atoms with Gasteiger partial charge >= 0.3 is 6.09 Å². The lowest BCUT2D eigenvalue weighted by Crippen LogP contribution is -2.39. The molecule has 1 aromatic rings. The molecule has 116 valence electrons. The minimum absolute atomic E-state index is 0.129. The van der Waals surface area contributed by atoms with Crippen LogP contribution in [0.4, 0.5) is 9.18 Å². The molecule has 0 bridgehead atoms. The number of rotatable bonds is 2. The lowest BCUT2D eigenvalue weighted by atomic mass is 9.80. The summed E-state index contributed by atoms with van der Waals surface area (Å²) in [5, 5.41) is 9.79. The fourth-order valence-electron chi connectivity index (χ4n) is 2.63. The average Bonchev–Trinajstić information content (AvgIpc) is 2.82. The zero-order valence-corrected chi connectivity index (χ0v) is 12.7. The standard InChI is InChI=1S/C16H22FNO3/c1-15(2,3)21-14(20)18-8-7-16(10-18,11-19)12-5-4-6-13(17)9-12/h4-6,9,19H,7-8,10-11H2,1-3H3. The van der Waals surface area contributed by atoms with Crippen molar-refractivity contribution in [3.8, 4) is 0 Å². The van der Waals surface area contributed by atoms with Crippen LogP contribution >= 0.6 is 0 Å². The van der Waals surface area contributed by atoms with Crippen LogP contribution in [0, 0.1) is 5.82 Å². The zero-order chi connectivity index (χ0) is 15.7. The highest BCUT2D eigenvalue weighted by molar-refractivity contribution is 5.69. The Morgan fingerprint density at radius 1 is 1.48 bits per heavy atom. The van der Waals surface area contributed by atoms with Gasteiger partial charge in [0, 0.05) is 18.5 Å². The first kappa shape index (κ1) is 15.8. The van der Waals surface area contributed by atoms with E-state index in [2.05, 4.69) is 0 Å². The number of hydrogen-bond acceptors (Lipinski definition) is 3. The van der Waals surface area contributed by atoms with Gasteiger partial charge in [-0.1, -0.05) is 12.1 Å². The molecule has 0 aliphatic carbocycles. The van der Waals surface area contributed by atoms with Gasteiger partial charge in [-0.3, -0.25) is 0 Å². The Balaban J connectivity index is 2.16. The molecule has 4 nitrogen and oxygen atoms in total. The minimum Gasteiger partial charge on any atom is -0.444 e. The molecule has 1 amide bonds. The van der Waals surface area contributed by atoms with Gasteiger partial charge in [0.15, 0.2) is 0 Å². The topological polar surface area (TPSA) is 49.8 Å². The largest absolute Gasteiger partial charge is 0.444 e. The van der Waals surface area contributed by atoms with E-state index in [0.29, 0.717) is 19.5 Å².